The van der Waals surface area contributed by atoms with Crippen molar-refractivity contribution in [2.24, 2.45) is 0 Å². The molecule has 0 spiro atoms. The van der Waals surface area contributed by atoms with E-state index in [0.29, 0.717) is 5.69 Å². The minimum Gasteiger partial charge on any atom is -0.334 e. The quantitative estimate of drug-likeness (QED) is 0.910. The molecule has 84 valence electrons. The van der Waals surface area contributed by atoms with E-state index in [2.05, 4.69) is 30.6 Å². The van der Waals surface area contributed by atoms with E-state index >= 15 is 0 Å². The number of nitrogens with zero attached hydrogens (tertiary/aromatic N) is 1. The third-order valence-corrected chi connectivity index (χ3v) is 3.64. The minimum absolute atomic E-state index is 0.0347. The van der Waals surface area contributed by atoms with Crippen molar-refractivity contribution in [3.8, 4) is 0 Å². The third kappa shape index (κ3) is 2.42. The normalized spacial score (nSPS) is 11.3. The summed E-state index contributed by atoms with van der Waals surface area (Å²) in [5.41, 5.74) is 0.490. The van der Waals surface area contributed by atoms with Crippen LogP contribution in [-0.4, -0.2) is 18.4 Å². The molecule has 1 aromatic heterocycles. The second-order valence-electron chi connectivity index (χ2n) is 3.03. The predicted molar refractivity (Wildman–Crippen MR) is 63.5 cm³/mol. The molecular formula is C9H8BrN3O2S. The predicted octanol–water partition coefficient (Wildman–Crippen LogP) is 1.97. The lowest BCUT2D eigenvalue weighted by atomic mass is 10.3. The summed E-state index contributed by atoms with van der Waals surface area (Å²) in [5, 5.41) is 0.0347. The minimum atomic E-state index is -3.58. The van der Waals surface area contributed by atoms with E-state index in [1.54, 1.807) is 18.2 Å². The zero-order chi connectivity index (χ0) is 11.6. The van der Waals surface area contributed by atoms with Crippen molar-refractivity contribution in [3.05, 3.63) is 41.3 Å². The number of sulfonamides is 1. The maximum Gasteiger partial charge on any atom is 0.278 e. The number of aromatic nitrogens is 2. The molecule has 2 N–H and O–H groups in total. The van der Waals surface area contributed by atoms with Gasteiger partial charge >= 0.3 is 0 Å². The van der Waals surface area contributed by atoms with Crippen LogP contribution in [0.25, 0.3) is 0 Å². The van der Waals surface area contributed by atoms with Gasteiger partial charge in [-0.05, 0) is 18.2 Å². The van der Waals surface area contributed by atoms with Gasteiger partial charge in [-0.3, -0.25) is 4.72 Å². The van der Waals surface area contributed by atoms with Crippen LogP contribution in [0.3, 0.4) is 0 Å². The second kappa shape index (κ2) is 4.26. The number of aromatic amines is 1. The Balaban J connectivity index is 2.29. The van der Waals surface area contributed by atoms with Crippen LogP contribution in [0, 0.1) is 0 Å². The maximum atomic E-state index is 11.8. The Hall–Kier alpha value is -1.34. The van der Waals surface area contributed by atoms with Gasteiger partial charge < -0.3 is 4.98 Å². The van der Waals surface area contributed by atoms with Crippen molar-refractivity contribution in [3.63, 3.8) is 0 Å². The Labute approximate surface area is 101 Å². The smallest absolute Gasteiger partial charge is 0.278 e. The average molecular weight is 302 g/mol. The lowest BCUT2D eigenvalue weighted by Crippen LogP contribution is -2.13. The highest BCUT2D eigenvalue weighted by Gasteiger charge is 2.15. The summed E-state index contributed by atoms with van der Waals surface area (Å²) in [4.78, 5) is 6.20. The standard InChI is InChI=1S/C9H8BrN3O2S/c10-7-2-1-3-8(4-7)13-16(14,15)9-5-11-6-12-9/h1-6,13H,(H,11,12). The van der Waals surface area contributed by atoms with Gasteiger partial charge in [-0.25, -0.2) is 4.98 Å². The first-order chi connectivity index (χ1) is 7.58. The fourth-order valence-electron chi connectivity index (χ4n) is 1.15. The molecule has 7 heteroatoms. The highest BCUT2D eigenvalue weighted by molar-refractivity contribution is 9.10. The number of nitrogens with one attached hydrogen (secondary N) is 2. The van der Waals surface area contributed by atoms with Crippen molar-refractivity contribution < 1.29 is 8.42 Å². The van der Waals surface area contributed by atoms with E-state index in [4.69, 9.17) is 0 Å². The van der Waals surface area contributed by atoms with Crippen molar-refractivity contribution in [1.29, 1.82) is 0 Å². The second-order valence-corrected chi connectivity index (χ2v) is 5.60. The lowest BCUT2D eigenvalue weighted by Gasteiger charge is -2.05. The van der Waals surface area contributed by atoms with Crippen LogP contribution in [0.5, 0.6) is 0 Å². The number of halogens is 1. The van der Waals surface area contributed by atoms with Crippen molar-refractivity contribution in [1.82, 2.24) is 9.97 Å². The monoisotopic (exact) mass is 301 g/mol. The first kappa shape index (κ1) is 11.2. The zero-order valence-corrected chi connectivity index (χ0v) is 10.4. The SMILES string of the molecule is O=S(=O)(Nc1cccc(Br)c1)c1cnc[nH]1. The molecule has 0 unspecified atom stereocenters. The summed E-state index contributed by atoms with van der Waals surface area (Å²) >= 11 is 3.26. The van der Waals surface area contributed by atoms with E-state index < -0.39 is 10.0 Å². The third-order valence-electron chi connectivity index (χ3n) is 1.84. The van der Waals surface area contributed by atoms with Gasteiger partial charge in [0.25, 0.3) is 10.0 Å². The largest absolute Gasteiger partial charge is 0.334 e. The first-order valence-corrected chi connectivity index (χ1v) is 6.62. The molecule has 0 aliphatic rings. The van der Waals surface area contributed by atoms with Crippen molar-refractivity contribution >= 4 is 31.6 Å². The van der Waals surface area contributed by atoms with Crippen LogP contribution >= 0.6 is 15.9 Å². The number of benzene rings is 1. The van der Waals surface area contributed by atoms with E-state index in [-0.39, 0.29) is 5.03 Å². The van der Waals surface area contributed by atoms with Gasteiger partial charge in [0.2, 0.25) is 0 Å². The van der Waals surface area contributed by atoms with Crippen molar-refractivity contribution in [2.45, 2.75) is 5.03 Å². The molecule has 2 aromatic rings. The summed E-state index contributed by atoms with van der Waals surface area (Å²) in [6.45, 7) is 0. The molecule has 2 rings (SSSR count). The molecule has 16 heavy (non-hydrogen) atoms. The Morgan fingerprint density at radius 1 is 1.38 bits per heavy atom. The molecule has 0 atom stereocenters. The van der Waals surface area contributed by atoms with Gasteiger partial charge in [-0.2, -0.15) is 8.42 Å². The van der Waals surface area contributed by atoms with Crippen LogP contribution in [0.15, 0.2) is 46.3 Å². The van der Waals surface area contributed by atoms with Crippen LogP contribution in [0.1, 0.15) is 0 Å². The topological polar surface area (TPSA) is 74.8 Å². The molecule has 0 saturated heterocycles. The summed E-state index contributed by atoms with van der Waals surface area (Å²) in [6, 6.07) is 6.90. The molecule has 1 aromatic carbocycles. The number of imidazole rings is 1. The zero-order valence-electron chi connectivity index (χ0n) is 8.01. The maximum absolute atomic E-state index is 11.8. The number of rotatable bonds is 3. The van der Waals surface area contributed by atoms with Gasteiger partial charge in [0.05, 0.1) is 12.5 Å². The molecular weight excluding hydrogens is 294 g/mol. The van der Waals surface area contributed by atoms with Crippen molar-refractivity contribution in [2.75, 3.05) is 4.72 Å². The molecule has 0 bridgehead atoms. The van der Waals surface area contributed by atoms with Gasteiger partial charge in [0.15, 0.2) is 5.03 Å². The number of anilines is 1. The highest BCUT2D eigenvalue weighted by atomic mass is 79.9. The highest BCUT2D eigenvalue weighted by Crippen LogP contribution is 2.18. The fourth-order valence-corrected chi connectivity index (χ4v) is 2.51. The molecule has 0 radical (unpaired) electrons. The van der Waals surface area contributed by atoms with E-state index in [1.807, 2.05) is 6.07 Å². The number of H-pyrrole nitrogens is 1. The molecule has 0 fully saturated rings. The first-order valence-electron chi connectivity index (χ1n) is 4.35. The van der Waals surface area contributed by atoms with Gasteiger partial charge in [-0.15, -0.1) is 0 Å². The molecule has 5 nitrogen and oxygen atoms in total. The Morgan fingerprint density at radius 2 is 2.19 bits per heavy atom. The van der Waals surface area contributed by atoms with E-state index in [9.17, 15) is 8.42 Å². The van der Waals surface area contributed by atoms with Gasteiger partial charge in [-0.1, -0.05) is 22.0 Å². The molecule has 1 heterocycles. The average Bonchev–Trinajstić information content (AvgIpc) is 2.69. The Kier molecular flexibility index (Phi) is 2.97. The van der Waals surface area contributed by atoms with Crippen LogP contribution < -0.4 is 4.72 Å². The summed E-state index contributed by atoms with van der Waals surface area (Å²) in [7, 11) is -3.58. The molecule has 0 saturated carbocycles. The van der Waals surface area contributed by atoms with Crippen LogP contribution in [-0.2, 0) is 10.0 Å². The lowest BCUT2D eigenvalue weighted by molar-refractivity contribution is 0.598. The van der Waals surface area contributed by atoms with E-state index in [0.717, 1.165) is 4.47 Å². The Morgan fingerprint density at radius 3 is 2.81 bits per heavy atom. The number of hydrogen-bond acceptors (Lipinski definition) is 3. The van der Waals surface area contributed by atoms with Gasteiger partial charge in [0, 0.05) is 10.2 Å². The summed E-state index contributed by atoms with van der Waals surface area (Å²) in [5.74, 6) is 0. The molecule has 0 aliphatic heterocycles. The number of hydrogen-bond donors (Lipinski definition) is 2. The summed E-state index contributed by atoms with van der Waals surface area (Å²) in [6.07, 6.45) is 2.57. The fraction of sp³-hybridized carbons (Fsp3) is 0. The van der Waals surface area contributed by atoms with Crippen LogP contribution in [0.4, 0.5) is 5.69 Å². The summed E-state index contributed by atoms with van der Waals surface area (Å²) < 4.78 is 26.8. The Bertz CT molecular complexity index is 581. The van der Waals surface area contributed by atoms with Crippen LogP contribution in [0.2, 0.25) is 0 Å². The molecule has 0 aliphatic carbocycles. The molecule has 0 amide bonds. The van der Waals surface area contributed by atoms with E-state index in [1.165, 1.54) is 12.5 Å². The van der Waals surface area contributed by atoms with Gasteiger partial charge in [0.1, 0.15) is 0 Å².